The van der Waals surface area contributed by atoms with Gasteiger partial charge in [-0.3, -0.25) is 9.78 Å². The van der Waals surface area contributed by atoms with Gasteiger partial charge in [-0.25, -0.2) is 9.59 Å². The number of piperidine rings is 1. The summed E-state index contributed by atoms with van der Waals surface area (Å²) >= 11 is 0. The van der Waals surface area contributed by atoms with E-state index in [0.717, 1.165) is 25.8 Å². The topological polar surface area (TPSA) is 126 Å². The molecule has 0 radical (unpaired) electrons. The summed E-state index contributed by atoms with van der Waals surface area (Å²) in [6, 6.07) is 3.56. The van der Waals surface area contributed by atoms with Crippen LogP contribution in [0.15, 0.2) is 24.5 Å². The third-order valence-corrected chi connectivity index (χ3v) is 3.18. The lowest BCUT2D eigenvalue weighted by Gasteiger charge is -2.25. The van der Waals surface area contributed by atoms with Gasteiger partial charge in [0.2, 0.25) is 0 Å². The lowest BCUT2D eigenvalue weighted by atomic mass is 9.98. The number of ketones is 1. The summed E-state index contributed by atoms with van der Waals surface area (Å²) in [7, 11) is 0. The van der Waals surface area contributed by atoms with Gasteiger partial charge in [0.15, 0.2) is 11.9 Å². The zero-order valence-electron chi connectivity index (χ0n) is 12.8. The summed E-state index contributed by atoms with van der Waals surface area (Å²) in [6.07, 6.45) is 6.07. The fourth-order valence-corrected chi connectivity index (χ4v) is 2.06. The number of carboxylic acids is 2. The minimum atomic E-state index is -1.82. The van der Waals surface area contributed by atoms with Crippen molar-refractivity contribution in [3.63, 3.8) is 0 Å². The highest BCUT2D eigenvalue weighted by atomic mass is 16.5. The average Bonchev–Trinajstić information content (AvgIpc) is 2.56. The van der Waals surface area contributed by atoms with Crippen LogP contribution in [0.5, 0.6) is 5.75 Å². The maximum absolute atomic E-state index is 12.1. The van der Waals surface area contributed by atoms with E-state index in [9.17, 15) is 4.79 Å². The monoisotopic (exact) mass is 324 g/mol. The van der Waals surface area contributed by atoms with E-state index in [0.29, 0.717) is 5.75 Å². The first-order valence-corrected chi connectivity index (χ1v) is 7.22. The minimum Gasteiger partial charge on any atom is -0.481 e. The Balaban J connectivity index is 0.000000379. The summed E-state index contributed by atoms with van der Waals surface area (Å²) in [5.41, 5.74) is 0. The number of rotatable bonds is 4. The summed E-state index contributed by atoms with van der Waals surface area (Å²) in [5.74, 6) is -2.87. The second-order valence-corrected chi connectivity index (χ2v) is 4.96. The van der Waals surface area contributed by atoms with Gasteiger partial charge in [-0.05, 0) is 38.4 Å². The highest BCUT2D eigenvalue weighted by Crippen LogP contribution is 2.14. The van der Waals surface area contributed by atoms with Crippen molar-refractivity contribution in [3.8, 4) is 5.75 Å². The van der Waals surface area contributed by atoms with E-state index in [1.807, 2.05) is 6.07 Å². The number of carbonyl (C=O) groups is 3. The van der Waals surface area contributed by atoms with Crippen molar-refractivity contribution in [2.75, 3.05) is 6.54 Å². The van der Waals surface area contributed by atoms with Gasteiger partial charge in [0.05, 0.1) is 12.2 Å². The number of carbonyl (C=O) groups excluding carboxylic acids is 1. The first-order chi connectivity index (χ1) is 10.9. The molecule has 1 saturated heterocycles. The van der Waals surface area contributed by atoms with Crippen LogP contribution in [0.2, 0.25) is 0 Å². The second-order valence-electron chi connectivity index (χ2n) is 4.96. The van der Waals surface area contributed by atoms with Crippen LogP contribution >= 0.6 is 0 Å². The van der Waals surface area contributed by atoms with E-state index in [4.69, 9.17) is 24.5 Å². The van der Waals surface area contributed by atoms with E-state index >= 15 is 0 Å². The summed E-state index contributed by atoms with van der Waals surface area (Å²) in [5, 5.41) is 18.0. The molecule has 0 spiro atoms. The van der Waals surface area contributed by atoms with E-state index in [-0.39, 0.29) is 11.8 Å². The Bertz CT molecular complexity index is 516. The summed E-state index contributed by atoms with van der Waals surface area (Å²) < 4.78 is 5.58. The molecule has 2 unspecified atom stereocenters. The van der Waals surface area contributed by atoms with Crippen LogP contribution < -0.4 is 10.1 Å². The lowest BCUT2D eigenvalue weighted by molar-refractivity contribution is -0.159. The van der Waals surface area contributed by atoms with Gasteiger partial charge < -0.3 is 20.3 Å². The van der Waals surface area contributed by atoms with Crippen molar-refractivity contribution in [3.05, 3.63) is 24.5 Å². The van der Waals surface area contributed by atoms with Crippen LogP contribution in [-0.2, 0) is 14.4 Å². The van der Waals surface area contributed by atoms with Gasteiger partial charge in [-0.15, -0.1) is 0 Å². The van der Waals surface area contributed by atoms with E-state index in [1.54, 1.807) is 25.4 Å². The predicted octanol–water partition coefficient (Wildman–Crippen LogP) is 0.716. The number of aromatic nitrogens is 1. The van der Waals surface area contributed by atoms with Crippen LogP contribution in [0.25, 0.3) is 0 Å². The molecule has 3 N–H and O–H groups in total. The number of hydrogen-bond donors (Lipinski definition) is 3. The molecule has 0 bridgehead atoms. The molecule has 1 aromatic rings. The Morgan fingerprint density at radius 3 is 2.48 bits per heavy atom. The van der Waals surface area contributed by atoms with Crippen LogP contribution in [0.3, 0.4) is 0 Å². The van der Waals surface area contributed by atoms with Crippen molar-refractivity contribution in [1.82, 2.24) is 10.3 Å². The molecule has 2 rings (SSSR count). The quantitative estimate of drug-likeness (QED) is 0.692. The number of Topliss-reactive ketones (excluding diaryl/α,β-unsaturated/α-hetero) is 1. The van der Waals surface area contributed by atoms with Crippen LogP contribution in [0.4, 0.5) is 0 Å². The van der Waals surface area contributed by atoms with Gasteiger partial charge in [-0.1, -0.05) is 6.42 Å². The number of pyridine rings is 1. The molecule has 0 amide bonds. The molecular weight excluding hydrogens is 304 g/mol. The summed E-state index contributed by atoms with van der Waals surface area (Å²) in [6.45, 7) is 2.72. The molecule has 1 aliphatic rings. The van der Waals surface area contributed by atoms with Gasteiger partial charge in [0, 0.05) is 6.20 Å². The Kier molecular flexibility index (Phi) is 7.69. The van der Waals surface area contributed by atoms with Crippen molar-refractivity contribution in [2.45, 2.75) is 38.3 Å². The maximum atomic E-state index is 12.1. The van der Waals surface area contributed by atoms with Crippen molar-refractivity contribution in [2.24, 2.45) is 0 Å². The number of carboxylic acid groups (broad SMARTS) is 2. The first-order valence-electron chi connectivity index (χ1n) is 7.22. The van der Waals surface area contributed by atoms with Crippen molar-refractivity contribution < 1.29 is 29.3 Å². The van der Waals surface area contributed by atoms with Crippen LogP contribution in [0.1, 0.15) is 26.2 Å². The maximum Gasteiger partial charge on any atom is 0.414 e. The molecule has 0 aromatic carbocycles. The molecule has 0 aliphatic carbocycles. The zero-order valence-corrected chi connectivity index (χ0v) is 12.8. The molecular formula is C15H20N2O6. The number of nitrogens with zero attached hydrogens (tertiary/aromatic N) is 1. The van der Waals surface area contributed by atoms with E-state index in [1.165, 1.54) is 0 Å². The van der Waals surface area contributed by atoms with Crippen molar-refractivity contribution in [1.29, 1.82) is 0 Å². The fraction of sp³-hybridized carbons (Fsp3) is 0.467. The molecule has 1 fully saturated rings. The Labute approximate surface area is 133 Å². The van der Waals surface area contributed by atoms with Gasteiger partial charge in [0.25, 0.3) is 0 Å². The van der Waals surface area contributed by atoms with E-state index < -0.39 is 18.0 Å². The standard InChI is InChI=1S/C13H18N2O2.C2H2O4/c1-10(17-11-5-4-7-14-9-11)13(16)12-6-2-3-8-15-12;3-1(4)2(5)6/h4-5,7,9-10,12,15H,2-3,6,8H2,1H3;(H,3,4)(H,5,6). The van der Waals surface area contributed by atoms with Gasteiger partial charge >= 0.3 is 11.9 Å². The van der Waals surface area contributed by atoms with Gasteiger partial charge in [0.1, 0.15) is 5.75 Å². The molecule has 8 nitrogen and oxygen atoms in total. The smallest absolute Gasteiger partial charge is 0.414 e. The normalized spacial score (nSPS) is 18.0. The predicted molar refractivity (Wildman–Crippen MR) is 80.2 cm³/mol. The Morgan fingerprint density at radius 1 is 1.30 bits per heavy atom. The molecule has 126 valence electrons. The molecule has 2 atom stereocenters. The molecule has 8 heteroatoms. The first kappa shape index (κ1) is 18.6. The zero-order chi connectivity index (χ0) is 17.2. The number of hydrogen-bond acceptors (Lipinski definition) is 6. The Hall–Kier alpha value is -2.48. The molecule has 1 aliphatic heterocycles. The van der Waals surface area contributed by atoms with Crippen LogP contribution in [-0.4, -0.2) is 51.6 Å². The minimum absolute atomic E-state index is 0.0459. The molecule has 0 saturated carbocycles. The van der Waals surface area contributed by atoms with Crippen molar-refractivity contribution >= 4 is 17.7 Å². The van der Waals surface area contributed by atoms with Crippen LogP contribution in [0, 0.1) is 0 Å². The SMILES string of the molecule is CC(Oc1cccnc1)C(=O)C1CCCCN1.O=C(O)C(=O)O. The fourth-order valence-electron chi connectivity index (χ4n) is 2.06. The number of nitrogens with one attached hydrogen (secondary N) is 1. The molecule has 2 heterocycles. The summed E-state index contributed by atoms with van der Waals surface area (Å²) in [4.78, 5) is 34.3. The van der Waals surface area contributed by atoms with E-state index in [2.05, 4.69) is 10.3 Å². The third kappa shape index (κ3) is 6.88. The average molecular weight is 324 g/mol. The largest absolute Gasteiger partial charge is 0.481 e. The Morgan fingerprint density at radius 2 is 2.00 bits per heavy atom. The van der Waals surface area contributed by atoms with Gasteiger partial charge in [-0.2, -0.15) is 0 Å². The number of aliphatic carboxylic acids is 2. The second kappa shape index (κ2) is 9.52. The third-order valence-electron chi connectivity index (χ3n) is 3.18. The highest BCUT2D eigenvalue weighted by Gasteiger charge is 2.26. The molecule has 1 aromatic heterocycles. The lowest BCUT2D eigenvalue weighted by Crippen LogP contribution is -2.45. The molecule has 23 heavy (non-hydrogen) atoms. The highest BCUT2D eigenvalue weighted by molar-refractivity contribution is 6.27. The number of ether oxygens (including phenoxy) is 1.